The van der Waals surface area contributed by atoms with E-state index in [1.165, 1.54) is 7.11 Å². The molecule has 2 heterocycles. The molecule has 2 rings (SSSR count). The van der Waals surface area contributed by atoms with Gasteiger partial charge in [0.05, 0.1) is 19.5 Å². The van der Waals surface area contributed by atoms with E-state index in [0.717, 1.165) is 29.9 Å². The first-order chi connectivity index (χ1) is 9.41. The van der Waals surface area contributed by atoms with E-state index in [0.29, 0.717) is 6.61 Å². The molecule has 0 aromatic carbocycles. The van der Waals surface area contributed by atoms with E-state index in [1.54, 1.807) is 0 Å². The number of halogens is 3. The maximum absolute atomic E-state index is 12.5. The zero-order valence-corrected chi connectivity index (χ0v) is 10.9. The molecule has 112 valence electrons. The maximum Gasteiger partial charge on any atom is 0.434 e. The lowest BCUT2D eigenvalue weighted by molar-refractivity contribution is -0.146. The largest absolute Gasteiger partial charge is 0.467 e. The summed E-state index contributed by atoms with van der Waals surface area (Å²) in [4.78, 5) is 15.0. The highest BCUT2D eigenvalue weighted by atomic mass is 19.4. The van der Waals surface area contributed by atoms with Gasteiger partial charge < -0.3 is 14.0 Å². The van der Waals surface area contributed by atoms with Crippen LogP contribution in [0.3, 0.4) is 0 Å². The van der Waals surface area contributed by atoms with Crippen molar-refractivity contribution >= 4 is 5.97 Å². The standard InChI is InChI=1S/C12H15F3N2O3/c1-19-11(18)9(5-8-3-2-4-20-8)17-6-10(16-7-17)12(13,14)15/h6-9H,2-5H2,1H3/t8-,9?/m0/s1. The van der Waals surface area contributed by atoms with Crippen LogP contribution in [0.4, 0.5) is 13.2 Å². The van der Waals surface area contributed by atoms with Gasteiger partial charge in [-0.25, -0.2) is 9.78 Å². The molecule has 1 aromatic heterocycles. The van der Waals surface area contributed by atoms with Crippen LogP contribution >= 0.6 is 0 Å². The van der Waals surface area contributed by atoms with Gasteiger partial charge in [0.2, 0.25) is 0 Å². The molecule has 1 aliphatic rings. The zero-order valence-electron chi connectivity index (χ0n) is 10.9. The van der Waals surface area contributed by atoms with Crippen LogP contribution in [0.2, 0.25) is 0 Å². The lowest BCUT2D eigenvalue weighted by atomic mass is 10.1. The van der Waals surface area contributed by atoms with Crippen molar-refractivity contribution in [2.75, 3.05) is 13.7 Å². The number of imidazole rings is 1. The van der Waals surface area contributed by atoms with E-state index >= 15 is 0 Å². The minimum absolute atomic E-state index is 0.143. The molecule has 0 radical (unpaired) electrons. The Labute approximate surface area is 113 Å². The number of carbonyl (C=O) groups excluding carboxylic acids is 1. The Bertz CT molecular complexity index is 467. The van der Waals surface area contributed by atoms with E-state index in [4.69, 9.17) is 4.74 Å². The number of hydrogen-bond donors (Lipinski definition) is 0. The molecule has 0 spiro atoms. The van der Waals surface area contributed by atoms with Crippen LogP contribution in [-0.4, -0.2) is 35.3 Å². The monoisotopic (exact) mass is 292 g/mol. The molecule has 1 fully saturated rings. The predicted octanol–water partition coefficient (Wildman–Crippen LogP) is 2.19. The van der Waals surface area contributed by atoms with Crippen molar-refractivity contribution in [3.63, 3.8) is 0 Å². The fraction of sp³-hybridized carbons (Fsp3) is 0.667. The van der Waals surface area contributed by atoms with Gasteiger partial charge in [0, 0.05) is 19.2 Å². The van der Waals surface area contributed by atoms with Crippen LogP contribution < -0.4 is 0 Å². The second-order valence-electron chi connectivity index (χ2n) is 4.61. The van der Waals surface area contributed by atoms with Crippen LogP contribution in [0.15, 0.2) is 12.5 Å². The zero-order chi connectivity index (χ0) is 14.8. The summed E-state index contributed by atoms with van der Waals surface area (Å²) < 4.78 is 48.8. The van der Waals surface area contributed by atoms with Crippen molar-refractivity contribution in [2.24, 2.45) is 0 Å². The number of hydrogen-bond acceptors (Lipinski definition) is 4. The first-order valence-corrected chi connectivity index (χ1v) is 6.22. The smallest absolute Gasteiger partial charge is 0.434 e. The fourth-order valence-corrected chi connectivity index (χ4v) is 2.21. The fourth-order valence-electron chi connectivity index (χ4n) is 2.21. The Kier molecular flexibility index (Phi) is 4.32. The molecular weight excluding hydrogens is 277 g/mol. The molecule has 0 amide bonds. The molecule has 1 unspecified atom stereocenters. The topological polar surface area (TPSA) is 53.4 Å². The highest BCUT2D eigenvalue weighted by Crippen LogP contribution is 2.30. The summed E-state index contributed by atoms with van der Waals surface area (Å²) in [7, 11) is 1.20. The average molecular weight is 292 g/mol. The number of rotatable bonds is 4. The van der Waals surface area contributed by atoms with E-state index in [-0.39, 0.29) is 12.5 Å². The second kappa shape index (κ2) is 5.82. The van der Waals surface area contributed by atoms with E-state index in [9.17, 15) is 18.0 Å². The highest BCUT2D eigenvalue weighted by molar-refractivity contribution is 5.74. The summed E-state index contributed by atoms with van der Waals surface area (Å²) >= 11 is 0. The number of nitrogens with zero attached hydrogens (tertiary/aromatic N) is 2. The van der Waals surface area contributed by atoms with Gasteiger partial charge in [-0.15, -0.1) is 0 Å². The molecular formula is C12H15F3N2O3. The van der Waals surface area contributed by atoms with Gasteiger partial charge in [-0.2, -0.15) is 13.2 Å². The van der Waals surface area contributed by atoms with E-state index in [1.807, 2.05) is 0 Å². The molecule has 5 nitrogen and oxygen atoms in total. The van der Waals surface area contributed by atoms with Gasteiger partial charge in [0.15, 0.2) is 5.69 Å². The lowest BCUT2D eigenvalue weighted by Gasteiger charge is -2.19. The van der Waals surface area contributed by atoms with Crippen molar-refractivity contribution in [3.05, 3.63) is 18.2 Å². The summed E-state index contributed by atoms with van der Waals surface area (Å²) in [5.74, 6) is -0.605. The van der Waals surface area contributed by atoms with Crippen molar-refractivity contribution < 1.29 is 27.4 Å². The third kappa shape index (κ3) is 3.30. The van der Waals surface area contributed by atoms with Crippen molar-refractivity contribution in [2.45, 2.75) is 37.6 Å². The average Bonchev–Trinajstić information content (AvgIpc) is 3.05. The minimum atomic E-state index is -4.53. The minimum Gasteiger partial charge on any atom is -0.467 e. The molecule has 8 heteroatoms. The number of methoxy groups -OCH3 is 1. The van der Waals surface area contributed by atoms with Crippen molar-refractivity contribution in [1.82, 2.24) is 9.55 Å². The first kappa shape index (κ1) is 14.8. The Balaban J connectivity index is 2.17. The summed E-state index contributed by atoms with van der Waals surface area (Å²) in [6.45, 7) is 0.607. The second-order valence-corrected chi connectivity index (χ2v) is 4.61. The van der Waals surface area contributed by atoms with Crippen molar-refractivity contribution in [3.8, 4) is 0 Å². The number of alkyl halides is 3. The summed E-state index contributed by atoms with van der Waals surface area (Å²) in [6, 6.07) is -0.855. The summed E-state index contributed by atoms with van der Waals surface area (Å²) in [6.07, 6.45) is -0.910. The predicted molar refractivity (Wildman–Crippen MR) is 61.9 cm³/mol. The van der Waals surface area contributed by atoms with Gasteiger partial charge in [-0.3, -0.25) is 0 Å². The molecule has 1 saturated heterocycles. The third-order valence-corrected chi connectivity index (χ3v) is 3.24. The lowest BCUT2D eigenvalue weighted by Crippen LogP contribution is -2.24. The van der Waals surface area contributed by atoms with Crippen LogP contribution in [-0.2, 0) is 20.4 Å². The molecule has 20 heavy (non-hydrogen) atoms. The number of carbonyl (C=O) groups is 1. The molecule has 0 N–H and O–H groups in total. The molecule has 0 bridgehead atoms. The van der Waals surface area contributed by atoms with E-state index < -0.39 is 23.9 Å². The van der Waals surface area contributed by atoms with Crippen molar-refractivity contribution in [1.29, 1.82) is 0 Å². The van der Waals surface area contributed by atoms with Gasteiger partial charge in [0.25, 0.3) is 0 Å². The molecule has 0 saturated carbocycles. The van der Waals surface area contributed by atoms with Crippen LogP contribution in [0.1, 0.15) is 31.0 Å². The van der Waals surface area contributed by atoms with E-state index in [2.05, 4.69) is 9.72 Å². The number of esters is 1. The van der Waals surface area contributed by atoms with Crippen LogP contribution in [0, 0.1) is 0 Å². The first-order valence-electron chi connectivity index (χ1n) is 6.22. The van der Waals surface area contributed by atoms with Gasteiger partial charge in [-0.1, -0.05) is 0 Å². The normalized spacial score (nSPS) is 20.9. The van der Waals surface area contributed by atoms with Gasteiger partial charge in [-0.05, 0) is 12.8 Å². The Morgan fingerprint density at radius 3 is 2.90 bits per heavy atom. The van der Waals surface area contributed by atoms with Crippen LogP contribution in [0.5, 0.6) is 0 Å². The van der Waals surface area contributed by atoms with Crippen LogP contribution in [0.25, 0.3) is 0 Å². The van der Waals surface area contributed by atoms with Gasteiger partial charge in [0.1, 0.15) is 6.04 Å². The maximum atomic E-state index is 12.5. The Morgan fingerprint density at radius 1 is 1.65 bits per heavy atom. The molecule has 1 aromatic rings. The number of ether oxygens (including phenoxy) is 2. The van der Waals surface area contributed by atoms with Gasteiger partial charge >= 0.3 is 12.1 Å². The Hall–Kier alpha value is -1.57. The molecule has 1 aliphatic heterocycles. The number of aromatic nitrogens is 2. The quantitative estimate of drug-likeness (QED) is 0.798. The summed E-state index contributed by atoms with van der Waals surface area (Å²) in [5.41, 5.74) is -1.03. The third-order valence-electron chi connectivity index (χ3n) is 3.24. The summed E-state index contributed by atoms with van der Waals surface area (Å²) in [5, 5.41) is 0. The SMILES string of the molecule is COC(=O)C(C[C@@H]1CCCO1)n1cnc(C(F)(F)F)c1. The molecule has 2 atom stereocenters. The molecule has 0 aliphatic carbocycles. The highest BCUT2D eigenvalue weighted by Gasteiger charge is 2.35. The Morgan fingerprint density at radius 2 is 2.40 bits per heavy atom.